The molecule has 0 aliphatic rings. The van der Waals surface area contributed by atoms with Crippen molar-refractivity contribution in [3.05, 3.63) is 0 Å². The standard InChI is InChI=1S/C9H22O3SSi.H4Si/c1-4-10-14(11-5-2,12-6-3)9-7-8-13;/h13H,4-9H2,1-3H3;1H4. The van der Waals surface area contributed by atoms with Crippen molar-refractivity contribution in [2.45, 2.75) is 33.2 Å². The van der Waals surface area contributed by atoms with Crippen LogP contribution in [0.25, 0.3) is 0 Å². The van der Waals surface area contributed by atoms with Gasteiger partial charge in [0.05, 0.1) is 0 Å². The molecule has 0 fully saturated rings. The quantitative estimate of drug-likeness (QED) is 0.498. The van der Waals surface area contributed by atoms with Crippen LogP contribution in [-0.2, 0) is 13.3 Å². The summed E-state index contributed by atoms with van der Waals surface area (Å²) < 4.78 is 17.0. The van der Waals surface area contributed by atoms with Crippen molar-refractivity contribution >= 4 is 32.4 Å². The van der Waals surface area contributed by atoms with E-state index in [1.54, 1.807) is 0 Å². The minimum absolute atomic E-state index is 0. The Labute approximate surface area is 105 Å². The van der Waals surface area contributed by atoms with Crippen LogP contribution in [0.1, 0.15) is 27.2 Å². The van der Waals surface area contributed by atoms with E-state index in [9.17, 15) is 0 Å². The number of hydrogen-bond acceptors (Lipinski definition) is 4. The SMILES string of the molecule is CCO[Si](CCCS)(OCC)OCC.[SiH4]. The van der Waals surface area contributed by atoms with Gasteiger partial charge in [-0.1, -0.05) is 0 Å². The smallest absolute Gasteiger partial charge is 0.374 e. The van der Waals surface area contributed by atoms with Crippen molar-refractivity contribution < 1.29 is 13.3 Å². The van der Waals surface area contributed by atoms with Crippen LogP contribution < -0.4 is 0 Å². The predicted octanol–water partition coefficient (Wildman–Crippen LogP) is 0.903. The van der Waals surface area contributed by atoms with E-state index >= 15 is 0 Å². The fourth-order valence-corrected chi connectivity index (χ4v) is 4.36. The van der Waals surface area contributed by atoms with Crippen LogP contribution in [0, 0.1) is 0 Å². The van der Waals surface area contributed by atoms with Gasteiger partial charge < -0.3 is 13.3 Å². The first-order valence-electron chi connectivity index (χ1n) is 5.27. The molecule has 94 valence electrons. The first-order valence-corrected chi connectivity index (χ1v) is 7.83. The van der Waals surface area contributed by atoms with Gasteiger partial charge in [-0.2, -0.15) is 12.6 Å². The summed E-state index contributed by atoms with van der Waals surface area (Å²) in [6, 6.07) is 0.867. The molecule has 0 atom stereocenters. The Morgan fingerprint density at radius 1 is 0.933 bits per heavy atom. The van der Waals surface area contributed by atoms with Crippen LogP contribution in [0.15, 0.2) is 0 Å². The van der Waals surface area contributed by atoms with Gasteiger partial charge in [0.15, 0.2) is 0 Å². The van der Waals surface area contributed by atoms with E-state index in [2.05, 4.69) is 12.6 Å². The molecule has 15 heavy (non-hydrogen) atoms. The van der Waals surface area contributed by atoms with Gasteiger partial charge >= 0.3 is 8.80 Å². The molecule has 0 saturated heterocycles. The Morgan fingerprint density at radius 2 is 1.33 bits per heavy atom. The zero-order valence-electron chi connectivity index (χ0n) is 9.41. The van der Waals surface area contributed by atoms with E-state index < -0.39 is 8.80 Å². The third-order valence-corrected chi connectivity index (χ3v) is 5.20. The van der Waals surface area contributed by atoms with E-state index in [0.717, 1.165) is 18.2 Å². The first-order chi connectivity index (χ1) is 6.74. The van der Waals surface area contributed by atoms with Crippen LogP contribution in [0.2, 0.25) is 6.04 Å². The Morgan fingerprint density at radius 3 is 1.60 bits per heavy atom. The van der Waals surface area contributed by atoms with E-state index in [1.807, 2.05) is 20.8 Å². The molecule has 0 heterocycles. The Balaban J connectivity index is 0. The van der Waals surface area contributed by atoms with Crippen molar-refractivity contribution in [3.63, 3.8) is 0 Å². The second-order valence-electron chi connectivity index (χ2n) is 2.81. The molecule has 0 aromatic rings. The molecule has 0 aliphatic heterocycles. The second-order valence-corrected chi connectivity index (χ2v) is 5.99. The Hall–Kier alpha value is 0.664. The fourth-order valence-electron chi connectivity index (χ4n) is 1.30. The van der Waals surface area contributed by atoms with Crippen molar-refractivity contribution in [1.29, 1.82) is 0 Å². The van der Waals surface area contributed by atoms with E-state index in [-0.39, 0.29) is 11.0 Å². The molecule has 0 spiro atoms. The maximum atomic E-state index is 5.67. The van der Waals surface area contributed by atoms with Crippen molar-refractivity contribution in [2.75, 3.05) is 25.6 Å². The van der Waals surface area contributed by atoms with Gasteiger partial charge in [-0.05, 0) is 43.9 Å². The molecule has 0 saturated carbocycles. The van der Waals surface area contributed by atoms with Crippen molar-refractivity contribution in [3.8, 4) is 0 Å². The molecule has 0 aromatic heterocycles. The molecule has 0 unspecified atom stereocenters. The van der Waals surface area contributed by atoms with E-state index in [4.69, 9.17) is 13.3 Å². The molecule has 3 nitrogen and oxygen atoms in total. The van der Waals surface area contributed by atoms with Crippen molar-refractivity contribution in [1.82, 2.24) is 0 Å². The highest BCUT2D eigenvalue weighted by Gasteiger charge is 2.39. The maximum Gasteiger partial charge on any atom is 0.500 e. The number of hydrogen-bond donors (Lipinski definition) is 1. The van der Waals surface area contributed by atoms with Crippen LogP contribution >= 0.6 is 12.6 Å². The maximum absolute atomic E-state index is 5.67. The molecule has 0 bridgehead atoms. The van der Waals surface area contributed by atoms with Crippen LogP contribution in [0.3, 0.4) is 0 Å². The number of thiol groups is 1. The highest BCUT2D eigenvalue weighted by Crippen LogP contribution is 2.18. The molecule has 0 rings (SSSR count). The minimum atomic E-state index is -2.37. The Bertz CT molecular complexity index is 122. The normalized spacial score (nSPS) is 11.2. The van der Waals surface area contributed by atoms with Gasteiger partial charge in [-0.3, -0.25) is 0 Å². The average Bonchev–Trinajstić information content (AvgIpc) is 2.16. The largest absolute Gasteiger partial charge is 0.500 e. The lowest BCUT2D eigenvalue weighted by molar-refractivity contribution is 0.0712. The molecular weight excluding hydrogens is 244 g/mol. The molecule has 6 heteroatoms. The predicted molar refractivity (Wildman–Crippen MR) is 75.2 cm³/mol. The summed E-state index contributed by atoms with van der Waals surface area (Å²) in [6.07, 6.45) is 0.981. The highest BCUT2D eigenvalue weighted by atomic mass is 32.1. The first kappa shape index (κ1) is 18.0. The summed E-state index contributed by atoms with van der Waals surface area (Å²) in [4.78, 5) is 0. The molecule has 0 radical (unpaired) electrons. The lowest BCUT2D eigenvalue weighted by Crippen LogP contribution is -2.46. The molecule has 0 aliphatic carbocycles. The van der Waals surface area contributed by atoms with Crippen LogP contribution in [0.4, 0.5) is 0 Å². The number of rotatable bonds is 9. The fraction of sp³-hybridized carbons (Fsp3) is 1.00. The summed E-state index contributed by atoms with van der Waals surface area (Å²) >= 11 is 4.19. The van der Waals surface area contributed by atoms with Crippen LogP contribution in [-0.4, -0.2) is 45.3 Å². The molecule has 0 amide bonds. The summed E-state index contributed by atoms with van der Waals surface area (Å²) in [7, 11) is -2.37. The van der Waals surface area contributed by atoms with Crippen molar-refractivity contribution in [2.24, 2.45) is 0 Å². The van der Waals surface area contributed by atoms with E-state index in [1.165, 1.54) is 0 Å². The summed E-state index contributed by atoms with van der Waals surface area (Å²) in [5, 5.41) is 0. The van der Waals surface area contributed by atoms with Gasteiger partial charge in [0, 0.05) is 25.9 Å². The summed E-state index contributed by atoms with van der Waals surface area (Å²) in [5.41, 5.74) is 0. The average molecular weight is 271 g/mol. The molecule has 0 aromatic carbocycles. The zero-order chi connectivity index (χ0) is 10.9. The third-order valence-electron chi connectivity index (χ3n) is 1.73. The van der Waals surface area contributed by atoms with Gasteiger partial charge in [0.25, 0.3) is 0 Å². The summed E-state index contributed by atoms with van der Waals surface area (Å²) in [6.45, 7) is 7.87. The van der Waals surface area contributed by atoms with Gasteiger partial charge in [-0.25, -0.2) is 0 Å². The van der Waals surface area contributed by atoms with Gasteiger partial charge in [0.2, 0.25) is 0 Å². The lowest BCUT2D eigenvalue weighted by atomic mass is 10.6. The highest BCUT2D eigenvalue weighted by molar-refractivity contribution is 7.80. The second kappa shape index (κ2) is 11.2. The minimum Gasteiger partial charge on any atom is -0.374 e. The van der Waals surface area contributed by atoms with Gasteiger partial charge in [0.1, 0.15) is 0 Å². The Kier molecular flexibility index (Phi) is 13.4. The molecular formula is C9H26O3SSi2. The zero-order valence-corrected chi connectivity index (χ0v) is 11.3. The third kappa shape index (κ3) is 7.54. The van der Waals surface area contributed by atoms with Gasteiger partial charge in [-0.15, -0.1) is 0 Å². The van der Waals surface area contributed by atoms with E-state index in [0.29, 0.717) is 19.8 Å². The lowest BCUT2D eigenvalue weighted by Gasteiger charge is -2.28. The monoisotopic (exact) mass is 270 g/mol. The van der Waals surface area contributed by atoms with Crippen LogP contribution in [0.5, 0.6) is 0 Å². The topological polar surface area (TPSA) is 27.7 Å². The summed E-state index contributed by atoms with van der Waals surface area (Å²) in [5.74, 6) is 0.849. The molecule has 0 N–H and O–H groups in total.